The maximum Gasteiger partial charge on any atom is 0.326 e. The zero-order chi connectivity index (χ0) is 26.5. The van der Waals surface area contributed by atoms with Gasteiger partial charge in [-0.2, -0.15) is 0 Å². The van der Waals surface area contributed by atoms with E-state index < -0.39 is 30.0 Å². The molecule has 2 aliphatic heterocycles. The van der Waals surface area contributed by atoms with Crippen molar-refractivity contribution in [2.45, 2.75) is 76.5 Å². The molecule has 3 amide bonds. The van der Waals surface area contributed by atoms with Gasteiger partial charge in [0.1, 0.15) is 18.1 Å². The van der Waals surface area contributed by atoms with Crippen molar-refractivity contribution in [2.75, 3.05) is 13.1 Å². The lowest BCUT2D eigenvalue weighted by Gasteiger charge is -2.29. The van der Waals surface area contributed by atoms with E-state index in [9.17, 15) is 24.3 Å². The van der Waals surface area contributed by atoms with Gasteiger partial charge in [-0.1, -0.05) is 32.0 Å². The summed E-state index contributed by atoms with van der Waals surface area (Å²) in [5.41, 5.74) is 1.81. The van der Waals surface area contributed by atoms with Crippen LogP contribution in [-0.2, 0) is 25.6 Å². The number of amides is 3. The predicted octanol–water partition coefficient (Wildman–Crippen LogP) is 1.55. The third-order valence-corrected chi connectivity index (χ3v) is 7.25. The number of hydrogen-bond donors (Lipinski definition) is 5. The summed E-state index contributed by atoms with van der Waals surface area (Å²) in [6.07, 6.45) is 5.05. The number of carbonyl (C=O) groups excluding carboxylic acids is 3. The molecular formula is C27H37N5O5. The molecule has 2 aliphatic rings. The highest BCUT2D eigenvalue weighted by Crippen LogP contribution is 2.22. The fourth-order valence-corrected chi connectivity index (χ4v) is 5.36. The zero-order valence-electron chi connectivity index (χ0n) is 21.5. The van der Waals surface area contributed by atoms with E-state index in [1.54, 1.807) is 0 Å². The molecule has 1 aromatic carbocycles. The van der Waals surface area contributed by atoms with Gasteiger partial charge in [0.25, 0.3) is 0 Å². The van der Waals surface area contributed by atoms with Crippen molar-refractivity contribution in [3.63, 3.8) is 0 Å². The van der Waals surface area contributed by atoms with Crippen molar-refractivity contribution >= 4 is 34.6 Å². The van der Waals surface area contributed by atoms with Crippen molar-refractivity contribution in [2.24, 2.45) is 5.92 Å². The number of likely N-dealkylation sites (tertiary alicyclic amines) is 1. The fourth-order valence-electron chi connectivity index (χ4n) is 5.36. The predicted molar refractivity (Wildman–Crippen MR) is 139 cm³/mol. The van der Waals surface area contributed by atoms with Gasteiger partial charge < -0.3 is 30.9 Å². The van der Waals surface area contributed by atoms with E-state index in [-0.39, 0.29) is 30.2 Å². The second-order valence-corrected chi connectivity index (χ2v) is 10.5. The Kier molecular flexibility index (Phi) is 8.48. The molecule has 0 spiro atoms. The molecule has 200 valence electrons. The van der Waals surface area contributed by atoms with Gasteiger partial charge in [0.15, 0.2) is 0 Å². The Balaban J connectivity index is 1.55. The molecule has 3 heterocycles. The Morgan fingerprint density at radius 2 is 1.86 bits per heavy atom. The van der Waals surface area contributed by atoms with Crippen LogP contribution in [0, 0.1) is 5.92 Å². The van der Waals surface area contributed by atoms with Crippen LogP contribution in [0.15, 0.2) is 30.5 Å². The van der Waals surface area contributed by atoms with Crippen LogP contribution in [0.5, 0.6) is 0 Å². The monoisotopic (exact) mass is 511 g/mol. The Labute approximate surface area is 216 Å². The van der Waals surface area contributed by atoms with Gasteiger partial charge in [-0.05, 0) is 56.2 Å². The fraction of sp³-hybridized carbons (Fsp3) is 0.556. The molecule has 4 unspecified atom stereocenters. The van der Waals surface area contributed by atoms with Crippen molar-refractivity contribution in [3.05, 3.63) is 36.0 Å². The normalized spacial score (nSPS) is 21.2. The highest BCUT2D eigenvalue weighted by molar-refractivity contribution is 5.95. The number of carboxylic acids is 1. The van der Waals surface area contributed by atoms with Gasteiger partial charge >= 0.3 is 5.97 Å². The average Bonchev–Trinajstić information content (AvgIpc) is 3.63. The van der Waals surface area contributed by atoms with Crippen LogP contribution < -0.4 is 16.0 Å². The minimum Gasteiger partial charge on any atom is -0.480 e. The number of para-hydroxylation sites is 1. The van der Waals surface area contributed by atoms with Crippen LogP contribution in [-0.4, -0.2) is 75.9 Å². The summed E-state index contributed by atoms with van der Waals surface area (Å²) in [6, 6.07) is 4.74. The Hall–Kier alpha value is -3.40. The zero-order valence-corrected chi connectivity index (χ0v) is 21.5. The van der Waals surface area contributed by atoms with Crippen LogP contribution in [0.25, 0.3) is 10.9 Å². The third-order valence-electron chi connectivity index (χ3n) is 7.25. The van der Waals surface area contributed by atoms with E-state index in [4.69, 9.17) is 0 Å². The van der Waals surface area contributed by atoms with Crippen LogP contribution in [0.3, 0.4) is 0 Å². The number of benzene rings is 1. The number of nitrogens with one attached hydrogen (secondary N) is 4. The highest BCUT2D eigenvalue weighted by atomic mass is 16.4. The Morgan fingerprint density at radius 1 is 1.08 bits per heavy atom. The van der Waals surface area contributed by atoms with Gasteiger partial charge in [-0.3, -0.25) is 14.4 Å². The van der Waals surface area contributed by atoms with Crippen LogP contribution in [0.4, 0.5) is 0 Å². The number of nitrogens with zero attached hydrogens (tertiary/aromatic N) is 1. The maximum atomic E-state index is 13.6. The summed E-state index contributed by atoms with van der Waals surface area (Å²) in [5, 5.41) is 19.5. The third kappa shape index (κ3) is 6.30. The molecule has 0 aliphatic carbocycles. The lowest BCUT2D eigenvalue weighted by molar-refractivity contribution is -0.149. The first-order chi connectivity index (χ1) is 17.7. The van der Waals surface area contributed by atoms with Crippen molar-refractivity contribution in [1.29, 1.82) is 0 Å². The van der Waals surface area contributed by atoms with Gasteiger partial charge in [-0.15, -0.1) is 0 Å². The summed E-state index contributed by atoms with van der Waals surface area (Å²) in [4.78, 5) is 56.3. The molecule has 10 heteroatoms. The van der Waals surface area contributed by atoms with E-state index in [0.717, 1.165) is 29.4 Å². The van der Waals surface area contributed by atoms with E-state index in [1.807, 2.05) is 44.3 Å². The van der Waals surface area contributed by atoms with E-state index in [1.165, 1.54) is 4.90 Å². The topological polar surface area (TPSA) is 144 Å². The number of H-pyrrole nitrogens is 1. The number of aliphatic carboxylic acids is 1. The first-order valence-corrected chi connectivity index (χ1v) is 13.2. The number of fused-ring (bicyclic) bond motifs is 1. The van der Waals surface area contributed by atoms with Crippen LogP contribution in [0.2, 0.25) is 0 Å². The summed E-state index contributed by atoms with van der Waals surface area (Å²) in [7, 11) is 0. The number of rotatable bonds is 10. The molecule has 0 radical (unpaired) electrons. The van der Waals surface area contributed by atoms with Gasteiger partial charge in [0, 0.05) is 30.1 Å². The van der Waals surface area contributed by atoms with E-state index >= 15 is 0 Å². The Morgan fingerprint density at radius 3 is 2.57 bits per heavy atom. The molecule has 4 rings (SSSR count). The van der Waals surface area contributed by atoms with Crippen molar-refractivity contribution in [1.82, 2.24) is 25.8 Å². The minimum absolute atomic E-state index is 0.0875. The molecule has 0 saturated carbocycles. The van der Waals surface area contributed by atoms with Crippen molar-refractivity contribution in [3.8, 4) is 0 Å². The summed E-state index contributed by atoms with van der Waals surface area (Å²) >= 11 is 0. The lowest BCUT2D eigenvalue weighted by atomic mass is 10.00. The summed E-state index contributed by atoms with van der Waals surface area (Å²) in [6.45, 7) is 5.00. The maximum absolute atomic E-state index is 13.6. The molecule has 0 bridgehead atoms. The summed E-state index contributed by atoms with van der Waals surface area (Å²) in [5.74, 6) is -2.03. The van der Waals surface area contributed by atoms with Crippen LogP contribution in [0.1, 0.15) is 51.5 Å². The smallest absolute Gasteiger partial charge is 0.326 e. The Bertz CT molecular complexity index is 1140. The number of hydrogen-bond acceptors (Lipinski definition) is 5. The average molecular weight is 512 g/mol. The lowest BCUT2D eigenvalue weighted by Crippen LogP contribution is -2.57. The van der Waals surface area contributed by atoms with Gasteiger partial charge in [0.05, 0.1) is 6.04 Å². The van der Waals surface area contributed by atoms with Crippen molar-refractivity contribution < 1.29 is 24.3 Å². The molecule has 4 atom stereocenters. The first-order valence-electron chi connectivity index (χ1n) is 13.2. The molecule has 2 saturated heterocycles. The molecule has 2 fully saturated rings. The van der Waals surface area contributed by atoms with Crippen LogP contribution >= 0.6 is 0 Å². The number of aromatic amines is 1. The largest absolute Gasteiger partial charge is 0.480 e. The summed E-state index contributed by atoms with van der Waals surface area (Å²) < 4.78 is 0. The minimum atomic E-state index is -1.03. The second kappa shape index (κ2) is 11.8. The quantitative estimate of drug-likeness (QED) is 0.328. The number of carbonyl (C=O) groups is 4. The molecule has 5 N–H and O–H groups in total. The molecular weight excluding hydrogens is 474 g/mol. The molecule has 10 nitrogen and oxygen atoms in total. The van der Waals surface area contributed by atoms with Gasteiger partial charge in [0.2, 0.25) is 17.7 Å². The second-order valence-electron chi connectivity index (χ2n) is 10.5. The SMILES string of the molecule is CC(C)CC(NC(=O)C(Cc1c[nH]c2ccccc12)NC(=O)C1CCCN1)C(=O)N1CCCC1C(=O)O. The molecule has 2 aromatic rings. The number of carboxylic acid groups (broad SMARTS) is 1. The molecule has 37 heavy (non-hydrogen) atoms. The van der Waals surface area contributed by atoms with E-state index in [0.29, 0.717) is 32.2 Å². The standard InChI is InChI=1S/C27H37N5O5/c1-16(2)13-22(26(35)32-12-6-10-23(32)27(36)37)31-25(34)21(30-24(33)20-9-5-11-28-20)14-17-15-29-19-8-4-3-7-18(17)19/h3-4,7-8,15-16,20-23,28-29H,5-6,9-14H2,1-2H3,(H,30,33)(H,31,34)(H,36,37). The molecule has 1 aromatic heterocycles. The highest BCUT2D eigenvalue weighted by Gasteiger charge is 2.38. The number of aromatic nitrogens is 1. The van der Waals surface area contributed by atoms with E-state index in [2.05, 4.69) is 20.9 Å². The first kappa shape index (κ1) is 26.7. The van der Waals surface area contributed by atoms with Gasteiger partial charge in [-0.25, -0.2) is 4.79 Å².